The summed E-state index contributed by atoms with van der Waals surface area (Å²) >= 11 is 0. The van der Waals surface area contributed by atoms with Gasteiger partial charge in [0.15, 0.2) is 9.84 Å². The van der Waals surface area contributed by atoms with Crippen LogP contribution in [0.5, 0.6) is 0 Å². The predicted octanol–water partition coefficient (Wildman–Crippen LogP) is 0.901. The molecular formula is C14H17N3O3S. The maximum Gasteiger partial charge on any atom is 0.243 e. The van der Waals surface area contributed by atoms with Crippen LogP contribution in [0, 0.1) is 0 Å². The average molecular weight is 307 g/mol. The van der Waals surface area contributed by atoms with Gasteiger partial charge in [0.05, 0.1) is 28.9 Å². The molecular weight excluding hydrogens is 290 g/mol. The van der Waals surface area contributed by atoms with E-state index in [9.17, 15) is 13.2 Å². The minimum absolute atomic E-state index is 0.0378. The quantitative estimate of drug-likeness (QED) is 0.913. The van der Waals surface area contributed by atoms with Crippen molar-refractivity contribution in [2.45, 2.75) is 25.4 Å². The Bertz CT molecular complexity index is 782. The van der Waals surface area contributed by atoms with Gasteiger partial charge in [0.1, 0.15) is 6.04 Å². The van der Waals surface area contributed by atoms with Gasteiger partial charge in [-0.2, -0.15) is 0 Å². The van der Waals surface area contributed by atoms with Crippen LogP contribution < -0.4 is 5.32 Å². The zero-order valence-electron chi connectivity index (χ0n) is 11.7. The van der Waals surface area contributed by atoms with Gasteiger partial charge in [-0.05, 0) is 25.5 Å². The molecule has 2 atom stereocenters. The Morgan fingerprint density at radius 3 is 2.90 bits per heavy atom. The molecule has 0 radical (unpaired) electrons. The fourth-order valence-electron chi connectivity index (χ4n) is 2.64. The van der Waals surface area contributed by atoms with Gasteiger partial charge in [-0.25, -0.2) is 13.4 Å². The van der Waals surface area contributed by atoms with Gasteiger partial charge in [0, 0.05) is 6.04 Å². The Balaban J connectivity index is 1.76. The van der Waals surface area contributed by atoms with Crippen molar-refractivity contribution in [2.24, 2.45) is 0 Å². The molecule has 1 aliphatic rings. The van der Waals surface area contributed by atoms with E-state index < -0.39 is 15.9 Å². The average Bonchev–Trinajstić information content (AvgIpc) is 3.01. The van der Waals surface area contributed by atoms with Gasteiger partial charge < -0.3 is 9.88 Å². The van der Waals surface area contributed by atoms with E-state index in [2.05, 4.69) is 10.3 Å². The lowest BCUT2D eigenvalue weighted by molar-refractivity contribution is -0.124. The monoisotopic (exact) mass is 307 g/mol. The molecule has 7 heteroatoms. The van der Waals surface area contributed by atoms with Crippen LogP contribution in [0.2, 0.25) is 0 Å². The van der Waals surface area contributed by atoms with Gasteiger partial charge in [0.2, 0.25) is 5.91 Å². The third kappa shape index (κ3) is 2.78. The summed E-state index contributed by atoms with van der Waals surface area (Å²) in [7, 11) is -2.99. The van der Waals surface area contributed by atoms with Gasteiger partial charge >= 0.3 is 0 Å². The summed E-state index contributed by atoms with van der Waals surface area (Å²) in [6.07, 6.45) is 2.13. The fraction of sp³-hybridized carbons (Fsp3) is 0.429. The Morgan fingerprint density at radius 2 is 2.19 bits per heavy atom. The van der Waals surface area contributed by atoms with Gasteiger partial charge in [-0.1, -0.05) is 12.1 Å². The van der Waals surface area contributed by atoms with Crippen molar-refractivity contribution in [1.29, 1.82) is 0 Å². The first-order valence-electron chi connectivity index (χ1n) is 6.89. The molecule has 0 unspecified atom stereocenters. The second-order valence-corrected chi connectivity index (χ2v) is 7.65. The van der Waals surface area contributed by atoms with Crippen molar-refractivity contribution < 1.29 is 13.2 Å². The molecule has 0 spiro atoms. The lowest BCUT2D eigenvalue weighted by Crippen LogP contribution is -2.39. The summed E-state index contributed by atoms with van der Waals surface area (Å²) in [6.45, 7) is 1.78. The van der Waals surface area contributed by atoms with E-state index in [0.717, 1.165) is 11.0 Å². The first kappa shape index (κ1) is 14.1. The highest BCUT2D eigenvalue weighted by atomic mass is 32.2. The molecule has 1 aliphatic heterocycles. The summed E-state index contributed by atoms with van der Waals surface area (Å²) < 4.78 is 24.7. The number of amides is 1. The van der Waals surface area contributed by atoms with Crippen molar-refractivity contribution in [1.82, 2.24) is 14.9 Å². The number of hydrogen-bond donors (Lipinski definition) is 1. The Morgan fingerprint density at radius 1 is 1.43 bits per heavy atom. The molecule has 1 saturated heterocycles. The second-order valence-electron chi connectivity index (χ2n) is 5.43. The highest BCUT2D eigenvalue weighted by Crippen LogP contribution is 2.18. The number of imidazole rings is 1. The molecule has 3 rings (SSSR count). The molecule has 2 heterocycles. The molecule has 1 aromatic heterocycles. The number of rotatable bonds is 3. The molecule has 112 valence electrons. The van der Waals surface area contributed by atoms with Gasteiger partial charge in [-0.3, -0.25) is 4.79 Å². The minimum Gasteiger partial charge on any atom is -0.351 e. The smallest absolute Gasteiger partial charge is 0.243 e. The van der Waals surface area contributed by atoms with Crippen LogP contribution in [-0.2, 0) is 14.6 Å². The summed E-state index contributed by atoms with van der Waals surface area (Å²) in [5, 5.41) is 2.82. The zero-order chi connectivity index (χ0) is 15.0. The van der Waals surface area contributed by atoms with Crippen molar-refractivity contribution in [3.63, 3.8) is 0 Å². The third-order valence-corrected chi connectivity index (χ3v) is 5.62. The lowest BCUT2D eigenvalue weighted by Gasteiger charge is -2.17. The molecule has 6 nitrogen and oxygen atoms in total. The van der Waals surface area contributed by atoms with Crippen LogP contribution >= 0.6 is 0 Å². The molecule has 21 heavy (non-hydrogen) atoms. The molecule has 0 aliphatic carbocycles. The number of nitrogens with zero attached hydrogens (tertiary/aromatic N) is 2. The Labute approximate surface area is 123 Å². The van der Waals surface area contributed by atoms with E-state index in [1.807, 2.05) is 24.3 Å². The number of fused-ring (bicyclic) bond motifs is 1. The van der Waals surface area contributed by atoms with Crippen molar-refractivity contribution in [3.8, 4) is 0 Å². The summed E-state index contributed by atoms with van der Waals surface area (Å²) in [4.78, 5) is 16.6. The van der Waals surface area contributed by atoms with Crippen LogP contribution in [-0.4, -0.2) is 41.4 Å². The first-order chi connectivity index (χ1) is 9.96. The fourth-order valence-corrected chi connectivity index (χ4v) is 4.32. The van der Waals surface area contributed by atoms with Crippen LogP contribution in [0.3, 0.4) is 0 Å². The molecule has 1 N–H and O–H groups in total. The van der Waals surface area contributed by atoms with Crippen LogP contribution in [0.4, 0.5) is 0 Å². The molecule has 1 aromatic carbocycles. The maximum atomic E-state index is 12.3. The highest BCUT2D eigenvalue weighted by molar-refractivity contribution is 7.91. The molecule has 2 aromatic rings. The minimum atomic E-state index is -2.99. The number of sulfone groups is 1. The predicted molar refractivity (Wildman–Crippen MR) is 79.6 cm³/mol. The topological polar surface area (TPSA) is 81.1 Å². The molecule has 0 saturated carbocycles. The van der Waals surface area contributed by atoms with Crippen LogP contribution in [0.25, 0.3) is 11.0 Å². The summed E-state index contributed by atoms with van der Waals surface area (Å²) in [6, 6.07) is 6.88. The maximum absolute atomic E-state index is 12.3. The largest absolute Gasteiger partial charge is 0.351 e. The highest BCUT2D eigenvalue weighted by Gasteiger charge is 2.30. The van der Waals surface area contributed by atoms with Gasteiger partial charge in [0.25, 0.3) is 0 Å². The standard InChI is InChI=1S/C14H17N3O3S/c1-10(14(18)16-11-6-7-21(19,20)8-11)17-9-15-12-4-2-3-5-13(12)17/h2-5,9-11H,6-8H2,1H3,(H,16,18)/t10-,11+/m0/s1. The zero-order valence-corrected chi connectivity index (χ0v) is 12.5. The van der Waals surface area contributed by atoms with Crippen LogP contribution in [0.1, 0.15) is 19.4 Å². The number of para-hydroxylation sites is 2. The van der Waals surface area contributed by atoms with Crippen molar-refractivity contribution in [3.05, 3.63) is 30.6 Å². The summed E-state index contributed by atoms with van der Waals surface area (Å²) in [5.74, 6) is 0.0106. The number of aromatic nitrogens is 2. The van der Waals surface area contributed by atoms with Crippen molar-refractivity contribution >= 4 is 26.8 Å². The number of hydrogen-bond acceptors (Lipinski definition) is 4. The number of carbonyl (C=O) groups excluding carboxylic acids is 1. The van der Waals surface area contributed by atoms with E-state index in [4.69, 9.17) is 0 Å². The Kier molecular flexibility index (Phi) is 3.44. The second kappa shape index (κ2) is 5.14. The van der Waals surface area contributed by atoms with Crippen molar-refractivity contribution in [2.75, 3.05) is 11.5 Å². The normalized spacial score (nSPS) is 22.2. The van der Waals surface area contributed by atoms with Crippen LogP contribution in [0.15, 0.2) is 30.6 Å². The van der Waals surface area contributed by atoms with E-state index in [-0.39, 0.29) is 23.5 Å². The number of nitrogens with one attached hydrogen (secondary N) is 1. The van der Waals surface area contributed by atoms with E-state index in [1.54, 1.807) is 17.8 Å². The molecule has 1 amide bonds. The SMILES string of the molecule is C[C@@H](C(=O)N[C@@H]1CCS(=O)(=O)C1)n1cnc2ccccc21. The third-order valence-electron chi connectivity index (χ3n) is 3.86. The first-order valence-corrected chi connectivity index (χ1v) is 8.71. The molecule has 0 bridgehead atoms. The number of benzene rings is 1. The number of carbonyl (C=O) groups is 1. The van der Waals surface area contributed by atoms with Gasteiger partial charge in [-0.15, -0.1) is 0 Å². The van der Waals surface area contributed by atoms with E-state index in [0.29, 0.717) is 6.42 Å². The summed E-state index contributed by atoms with van der Waals surface area (Å²) in [5.41, 5.74) is 1.72. The lowest BCUT2D eigenvalue weighted by atomic mass is 10.2. The van der Waals surface area contributed by atoms with E-state index in [1.165, 1.54) is 0 Å². The van der Waals surface area contributed by atoms with E-state index >= 15 is 0 Å². The Hall–Kier alpha value is -1.89. The molecule has 1 fully saturated rings.